The molecule has 1 aliphatic heterocycles. The Labute approximate surface area is 97.7 Å². The Balaban J connectivity index is 1.87. The normalized spacial score (nSPS) is 31.2. The van der Waals surface area contributed by atoms with Crippen molar-refractivity contribution in [1.29, 1.82) is 0 Å². The van der Waals surface area contributed by atoms with E-state index in [9.17, 15) is 8.42 Å². The Morgan fingerprint density at radius 2 is 2.12 bits per heavy atom. The number of hydrogen-bond donors (Lipinski definition) is 1. The van der Waals surface area contributed by atoms with E-state index < -0.39 is 9.84 Å². The van der Waals surface area contributed by atoms with Gasteiger partial charge >= 0.3 is 0 Å². The molecule has 2 unspecified atom stereocenters. The van der Waals surface area contributed by atoms with Gasteiger partial charge in [0, 0.05) is 19.2 Å². The SMILES string of the molecule is COCC(NC1CCCS(=O)(=O)C1)C1CC1. The molecule has 0 bridgehead atoms. The first-order valence-corrected chi connectivity index (χ1v) is 7.88. The maximum atomic E-state index is 11.5. The summed E-state index contributed by atoms with van der Waals surface area (Å²) in [7, 11) is -1.10. The van der Waals surface area contributed by atoms with Crippen molar-refractivity contribution >= 4 is 9.84 Å². The molecule has 0 spiro atoms. The first kappa shape index (κ1) is 12.3. The van der Waals surface area contributed by atoms with Crippen LogP contribution in [0.2, 0.25) is 0 Å². The number of nitrogens with one attached hydrogen (secondary N) is 1. The zero-order chi connectivity index (χ0) is 11.6. The quantitative estimate of drug-likeness (QED) is 0.772. The van der Waals surface area contributed by atoms with Crippen molar-refractivity contribution in [2.75, 3.05) is 25.2 Å². The molecule has 2 atom stereocenters. The number of hydrogen-bond acceptors (Lipinski definition) is 4. The third-order valence-corrected chi connectivity index (χ3v) is 5.27. The van der Waals surface area contributed by atoms with Gasteiger partial charge in [-0.2, -0.15) is 0 Å². The second kappa shape index (κ2) is 5.02. The summed E-state index contributed by atoms with van der Waals surface area (Å²) in [6.07, 6.45) is 4.28. The molecule has 0 radical (unpaired) electrons. The minimum Gasteiger partial charge on any atom is -0.383 e. The molecular formula is C11H21NO3S. The number of rotatable bonds is 5. The lowest BCUT2D eigenvalue weighted by Crippen LogP contribution is -2.47. The van der Waals surface area contributed by atoms with Gasteiger partial charge in [-0.05, 0) is 31.6 Å². The van der Waals surface area contributed by atoms with E-state index in [0.717, 1.165) is 12.8 Å². The van der Waals surface area contributed by atoms with Crippen molar-refractivity contribution in [2.24, 2.45) is 5.92 Å². The van der Waals surface area contributed by atoms with Crippen LogP contribution in [0.1, 0.15) is 25.7 Å². The van der Waals surface area contributed by atoms with Gasteiger partial charge in [-0.25, -0.2) is 8.42 Å². The molecule has 1 aliphatic carbocycles. The molecule has 0 amide bonds. The van der Waals surface area contributed by atoms with Crippen LogP contribution >= 0.6 is 0 Å². The highest BCUT2D eigenvalue weighted by molar-refractivity contribution is 7.91. The highest BCUT2D eigenvalue weighted by Gasteiger charge is 2.34. The average Bonchev–Trinajstić information content (AvgIpc) is 2.98. The van der Waals surface area contributed by atoms with Crippen molar-refractivity contribution < 1.29 is 13.2 Å². The lowest BCUT2D eigenvalue weighted by molar-refractivity contribution is 0.151. The van der Waals surface area contributed by atoms with Gasteiger partial charge in [0.05, 0.1) is 18.1 Å². The first-order valence-electron chi connectivity index (χ1n) is 6.06. The zero-order valence-electron chi connectivity index (χ0n) is 9.81. The van der Waals surface area contributed by atoms with Gasteiger partial charge in [0.2, 0.25) is 0 Å². The standard InChI is InChI=1S/C11H21NO3S/c1-15-7-11(9-4-5-9)12-10-3-2-6-16(13,14)8-10/h9-12H,2-8H2,1H3. The Bertz CT molecular complexity index is 324. The van der Waals surface area contributed by atoms with Crippen molar-refractivity contribution in [3.63, 3.8) is 0 Å². The molecule has 5 heteroatoms. The van der Waals surface area contributed by atoms with Gasteiger partial charge in [-0.1, -0.05) is 0 Å². The Morgan fingerprint density at radius 1 is 1.38 bits per heavy atom. The number of methoxy groups -OCH3 is 1. The molecule has 1 N–H and O–H groups in total. The fourth-order valence-corrected chi connectivity index (χ4v) is 4.10. The molecule has 1 heterocycles. The molecule has 2 rings (SSSR count). The average molecular weight is 247 g/mol. The molecule has 94 valence electrons. The highest BCUT2D eigenvalue weighted by atomic mass is 32.2. The summed E-state index contributed by atoms with van der Waals surface area (Å²) in [5.41, 5.74) is 0. The van der Waals surface area contributed by atoms with Gasteiger partial charge in [0.1, 0.15) is 0 Å². The Hall–Kier alpha value is -0.130. The summed E-state index contributed by atoms with van der Waals surface area (Å²) >= 11 is 0. The van der Waals surface area contributed by atoms with Crippen LogP contribution < -0.4 is 5.32 Å². The maximum absolute atomic E-state index is 11.5. The summed E-state index contributed by atoms with van der Waals surface area (Å²) in [6.45, 7) is 0.696. The van der Waals surface area contributed by atoms with E-state index in [1.54, 1.807) is 7.11 Å². The molecule has 1 saturated carbocycles. The van der Waals surface area contributed by atoms with E-state index >= 15 is 0 Å². The molecule has 16 heavy (non-hydrogen) atoms. The molecule has 2 aliphatic rings. The van der Waals surface area contributed by atoms with Crippen molar-refractivity contribution in [2.45, 2.75) is 37.8 Å². The number of sulfone groups is 1. The van der Waals surface area contributed by atoms with E-state index in [0.29, 0.717) is 30.1 Å². The van der Waals surface area contributed by atoms with E-state index in [1.165, 1.54) is 12.8 Å². The van der Waals surface area contributed by atoms with Crippen LogP contribution in [0.25, 0.3) is 0 Å². The van der Waals surface area contributed by atoms with E-state index in [-0.39, 0.29) is 6.04 Å². The largest absolute Gasteiger partial charge is 0.383 e. The number of ether oxygens (including phenoxy) is 1. The maximum Gasteiger partial charge on any atom is 0.151 e. The molecule has 0 aromatic heterocycles. The van der Waals surface area contributed by atoms with Crippen molar-refractivity contribution in [3.05, 3.63) is 0 Å². The second-order valence-corrected chi connectivity index (χ2v) is 7.25. The molecule has 0 aromatic rings. The highest BCUT2D eigenvalue weighted by Crippen LogP contribution is 2.33. The summed E-state index contributed by atoms with van der Waals surface area (Å²) in [5, 5.41) is 3.47. The predicted molar refractivity (Wildman–Crippen MR) is 63.2 cm³/mol. The summed E-state index contributed by atoms with van der Waals surface area (Å²) < 4.78 is 28.2. The monoisotopic (exact) mass is 247 g/mol. The van der Waals surface area contributed by atoms with Gasteiger partial charge in [-0.15, -0.1) is 0 Å². The Kier molecular flexibility index (Phi) is 3.87. The van der Waals surface area contributed by atoms with Crippen LogP contribution in [0.15, 0.2) is 0 Å². The molecule has 4 nitrogen and oxygen atoms in total. The van der Waals surface area contributed by atoms with Crippen molar-refractivity contribution in [3.8, 4) is 0 Å². The third kappa shape index (κ3) is 3.43. The van der Waals surface area contributed by atoms with Crippen molar-refractivity contribution in [1.82, 2.24) is 5.32 Å². The fraction of sp³-hybridized carbons (Fsp3) is 1.00. The molecule has 2 fully saturated rings. The smallest absolute Gasteiger partial charge is 0.151 e. The second-order valence-electron chi connectivity index (χ2n) is 5.02. The summed E-state index contributed by atoms with van der Waals surface area (Å²) in [5.74, 6) is 1.37. The molecule has 1 saturated heterocycles. The van der Waals surface area contributed by atoms with Gasteiger partial charge in [0.25, 0.3) is 0 Å². The van der Waals surface area contributed by atoms with Crippen LogP contribution in [0.5, 0.6) is 0 Å². The lowest BCUT2D eigenvalue weighted by Gasteiger charge is -2.28. The van der Waals surface area contributed by atoms with Crippen LogP contribution in [0, 0.1) is 5.92 Å². The van der Waals surface area contributed by atoms with Gasteiger partial charge in [0.15, 0.2) is 9.84 Å². The fourth-order valence-electron chi connectivity index (χ4n) is 2.46. The zero-order valence-corrected chi connectivity index (χ0v) is 10.6. The van der Waals surface area contributed by atoms with Gasteiger partial charge < -0.3 is 10.1 Å². The summed E-state index contributed by atoms with van der Waals surface area (Å²) in [6, 6.07) is 0.489. The molecule has 0 aromatic carbocycles. The minimum atomic E-state index is -2.80. The van der Waals surface area contributed by atoms with E-state index in [4.69, 9.17) is 4.74 Å². The van der Waals surface area contributed by atoms with Crippen LogP contribution in [0.4, 0.5) is 0 Å². The summed E-state index contributed by atoms with van der Waals surface area (Å²) in [4.78, 5) is 0. The topological polar surface area (TPSA) is 55.4 Å². The minimum absolute atomic E-state index is 0.138. The van der Waals surface area contributed by atoms with Crippen LogP contribution in [0.3, 0.4) is 0 Å². The predicted octanol–water partition coefficient (Wildman–Crippen LogP) is 0.578. The van der Waals surface area contributed by atoms with Crippen LogP contribution in [-0.4, -0.2) is 45.7 Å². The van der Waals surface area contributed by atoms with E-state index in [2.05, 4.69) is 5.32 Å². The molecular weight excluding hydrogens is 226 g/mol. The third-order valence-electron chi connectivity index (χ3n) is 3.45. The van der Waals surface area contributed by atoms with Gasteiger partial charge in [-0.3, -0.25) is 0 Å². The lowest BCUT2D eigenvalue weighted by atomic mass is 10.1. The first-order chi connectivity index (χ1) is 7.61. The van der Waals surface area contributed by atoms with E-state index in [1.807, 2.05) is 0 Å². The van der Waals surface area contributed by atoms with Crippen LogP contribution in [-0.2, 0) is 14.6 Å². The Morgan fingerprint density at radius 3 is 2.69 bits per heavy atom.